The number of nitrogens with zero attached hydrogens (tertiary/aromatic N) is 2. The number of aryl methyl sites for hydroxylation is 1. The SMILES string of the molecule is CCOc1ccc(C(=O)N/N=C\c2ccc(-c3ccc(C)c([N+](=O)[O-])c3)o2)cc1. The zero-order valence-corrected chi connectivity index (χ0v) is 15.9. The van der Waals surface area contributed by atoms with E-state index in [1.54, 1.807) is 55.5 Å². The van der Waals surface area contributed by atoms with E-state index < -0.39 is 4.92 Å². The molecule has 1 amide bonds. The Bertz CT molecular complexity index is 1050. The molecular formula is C21H19N3O5. The summed E-state index contributed by atoms with van der Waals surface area (Å²) in [6.07, 6.45) is 1.36. The van der Waals surface area contributed by atoms with E-state index in [2.05, 4.69) is 10.5 Å². The van der Waals surface area contributed by atoms with Gasteiger partial charge in [-0.3, -0.25) is 14.9 Å². The van der Waals surface area contributed by atoms with E-state index in [1.165, 1.54) is 12.3 Å². The highest BCUT2D eigenvalue weighted by atomic mass is 16.6. The minimum atomic E-state index is -0.430. The summed E-state index contributed by atoms with van der Waals surface area (Å²) in [5, 5.41) is 15.0. The predicted octanol–water partition coefficient (Wildman–Crippen LogP) is 4.33. The number of amides is 1. The molecule has 148 valence electrons. The maximum absolute atomic E-state index is 12.1. The van der Waals surface area contributed by atoms with Gasteiger partial charge in [-0.05, 0) is 50.2 Å². The van der Waals surface area contributed by atoms with Crippen LogP contribution in [0.25, 0.3) is 11.3 Å². The molecule has 1 N–H and O–H groups in total. The predicted molar refractivity (Wildman–Crippen MR) is 108 cm³/mol. The molecule has 29 heavy (non-hydrogen) atoms. The molecule has 3 aromatic rings. The molecule has 0 saturated heterocycles. The van der Waals surface area contributed by atoms with Crippen LogP contribution in [0.15, 0.2) is 64.1 Å². The van der Waals surface area contributed by atoms with Crippen molar-refractivity contribution in [2.75, 3.05) is 6.61 Å². The second-order valence-electron chi connectivity index (χ2n) is 6.12. The second kappa shape index (κ2) is 8.83. The Hall–Kier alpha value is -3.94. The molecule has 0 fully saturated rings. The fourth-order valence-electron chi connectivity index (χ4n) is 2.62. The molecule has 0 bridgehead atoms. The van der Waals surface area contributed by atoms with E-state index in [1.807, 2.05) is 6.92 Å². The van der Waals surface area contributed by atoms with Crippen LogP contribution in [-0.2, 0) is 0 Å². The van der Waals surface area contributed by atoms with Crippen LogP contribution in [0.4, 0.5) is 5.69 Å². The smallest absolute Gasteiger partial charge is 0.273 e. The Morgan fingerprint density at radius 1 is 1.21 bits per heavy atom. The third-order valence-electron chi connectivity index (χ3n) is 4.10. The van der Waals surface area contributed by atoms with E-state index in [4.69, 9.17) is 9.15 Å². The largest absolute Gasteiger partial charge is 0.494 e. The number of hydrogen-bond acceptors (Lipinski definition) is 6. The van der Waals surface area contributed by atoms with Crippen molar-refractivity contribution in [3.05, 3.63) is 81.6 Å². The number of hydrazone groups is 1. The number of rotatable bonds is 7. The summed E-state index contributed by atoms with van der Waals surface area (Å²) < 4.78 is 11.0. The van der Waals surface area contributed by atoms with Crippen LogP contribution in [-0.4, -0.2) is 23.7 Å². The van der Waals surface area contributed by atoms with Crippen molar-refractivity contribution >= 4 is 17.8 Å². The van der Waals surface area contributed by atoms with E-state index in [0.29, 0.717) is 40.6 Å². The van der Waals surface area contributed by atoms with Gasteiger partial charge in [-0.2, -0.15) is 5.10 Å². The molecule has 0 aliphatic heterocycles. The van der Waals surface area contributed by atoms with Crippen LogP contribution in [0.1, 0.15) is 28.6 Å². The first-order chi connectivity index (χ1) is 14.0. The maximum atomic E-state index is 12.1. The molecule has 3 rings (SSSR count). The van der Waals surface area contributed by atoms with Gasteiger partial charge in [0.25, 0.3) is 11.6 Å². The lowest BCUT2D eigenvalue weighted by atomic mass is 10.1. The molecule has 8 heteroatoms. The highest BCUT2D eigenvalue weighted by molar-refractivity contribution is 5.94. The van der Waals surface area contributed by atoms with E-state index >= 15 is 0 Å². The fourth-order valence-corrected chi connectivity index (χ4v) is 2.62. The molecule has 0 radical (unpaired) electrons. The summed E-state index contributed by atoms with van der Waals surface area (Å²) in [5.74, 6) is 1.18. The monoisotopic (exact) mass is 393 g/mol. The molecule has 1 aromatic heterocycles. The minimum Gasteiger partial charge on any atom is -0.494 e. The number of ether oxygens (including phenoxy) is 1. The summed E-state index contributed by atoms with van der Waals surface area (Å²) >= 11 is 0. The van der Waals surface area contributed by atoms with Crippen LogP contribution in [0.2, 0.25) is 0 Å². The van der Waals surface area contributed by atoms with Crippen LogP contribution < -0.4 is 10.2 Å². The number of furan rings is 1. The Balaban J connectivity index is 1.65. The number of benzene rings is 2. The number of carbonyl (C=O) groups excluding carboxylic acids is 1. The average molecular weight is 393 g/mol. The van der Waals surface area contributed by atoms with Crippen LogP contribution in [0.3, 0.4) is 0 Å². The van der Waals surface area contributed by atoms with Crippen molar-refractivity contribution in [3.8, 4) is 17.1 Å². The van der Waals surface area contributed by atoms with Gasteiger partial charge >= 0.3 is 0 Å². The number of nitrogens with one attached hydrogen (secondary N) is 1. The van der Waals surface area contributed by atoms with Gasteiger partial charge in [-0.15, -0.1) is 0 Å². The summed E-state index contributed by atoms with van der Waals surface area (Å²) in [7, 11) is 0. The van der Waals surface area contributed by atoms with Gasteiger partial charge in [0.05, 0.1) is 17.7 Å². The van der Waals surface area contributed by atoms with Gasteiger partial charge in [0.15, 0.2) is 0 Å². The lowest BCUT2D eigenvalue weighted by Gasteiger charge is -2.03. The quantitative estimate of drug-likeness (QED) is 0.365. The second-order valence-corrected chi connectivity index (χ2v) is 6.12. The summed E-state index contributed by atoms with van der Waals surface area (Å²) in [6, 6.07) is 14.9. The Morgan fingerprint density at radius 2 is 1.97 bits per heavy atom. The van der Waals surface area contributed by atoms with Gasteiger partial charge in [-0.1, -0.05) is 12.1 Å². The van der Waals surface area contributed by atoms with Gasteiger partial charge in [0.2, 0.25) is 0 Å². The molecule has 2 aromatic carbocycles. The van der Waals surface area contributed by atoms with Gasteiger partial charge < -0.3 is 9.15 Å². The fraction of sp³-hybridized carbons (Fsp3) is 0.143. The van der Waals surface area contributed by atoms with Crippen LogP contribution in [0, 0.1) is 17.0 Å². The lowest BCUT2D eigenvalue weighted by molar-refractivity contribution is -0.385. The summed E-state index contributed by atoms with van der Waals surface area (Å²) in [4.78, 5) is 22.8. The molecule has 0 aliphatic carbocycles. The molecule has 1 heterocycles. The Labute approximate surface area is 167 Å². The van der Waals surface area contributed by atoms with Crippen molar-refractivity contribution in [3.63, 3.8) is 0 Å². The number of nitro groups is 1. The lowest BCUT2D eigenvalue weighted by Crippen LogP contribution is -2.17. The van der Waals surface area contributed by atoms with Crippen LogP contribution >= 0.6 is 0 Å². The molecule has 0 saturated carbocycles. The van der Waals surface area contributed by atoms with Gasteiger partial charge in [0.1, 0.15) is 17.3 Å². The number of carbonyl (C=O) groups is 1. The third kappa shape index (κ3) is 4.86. The van der Waals surface area contributed by atoms with E-state index in [9.17, 15) is 14.9 Å². The molecular weight excluding hydrogens is 374 g/mol. The molecule has 0 atom stereocenters. The first kappa shape index (κ1) is 19.8. The normalized spacial score (nSPS) is 10.8. The van der Waals surface area contributed by atoms with Crippen molar-refractivity contribution < 1.29 is 18.9 Å². The summed E-state index contributed by atoms with van der Waals surface area (Å²) in [5.41, 5.74) is 4.04. The number of hydrogen-bond donors (Lipinski definition) is 1. The van der Waals surface area contributed by atoms with Gasteiger partial charge in [0, 0.05) is 22.8 Å². The topological polar surface area (TPSA) is 107 Å². The van der Waals surface area contributed by atoms with Crippen molar-refractivity contribution in [1.82, 2.24) is 5.43 Å². The zero-order valence-electron chi connectivity index (χ0n) is 15.9. The first-order valence-corrected chi connectivity index (χ1v) is 8.89. The van der Waals surface area contributed by atoms with E-state index in [-0.39, 0.29) is 11.6 Å². The molecule has 8 nitrogen and oxygen atoms in total. The van der Waals surface area contributed by atoms with Crippen LogP contribution in [0.5, 0.6) is 5.75 Å². The van der Waals surface area contributed by atoms with Crippen molar-refractivity contribution in [2.45, 2.75) is 13.8 Å². The average Bonchev–Trinajstić information content (AvgIpc) is 3.18. The standard InChI is InChI=1S/C21H19N3O5/c1-3-28-17-8-6-15(7-9-17)21(25)23-22-13-18-10-11-20(29-18)16-5-4-14(2)19(12-16)24(26)27/h4-13H,3H2,1-2H3,(H,23,25)/b22-13-. The van der Waals surface area contributed by atoms with Crippen molar-refractivity contribution in [1.29, 1.82) is 0 Å². The molecule has 0 unspecified atom stereocenters. The highest BCUT2D eigenvalue weighted by Crippen LogP contribution is 2.27. The number of nitro benzene ring substituents is 1. The first-order valence-electron chi connectivity index (χ1n) is 8.89. The van der Waals surface area contributed by atoms with E-state index in [0.717, 1.165) is 0 Å². The van der Waals surface area contributed by atoms with Gasteiger partial charge in [-0.25, -0.2) is 5.43 Å². The highest BCUT2D eigenvalue weighted by Gasteiger charge is 2.13. The maximum Gasteiger partial charge on any atom is 0.273 e. The van der Waals surface area contributed by atoms with Crippen molar-refractivity contribution in [2.24, 2.45) is 5.10 Å². The Morgan fingerprint density at radius 3 is 2.66 bits per heavy atom. The zero-order chi connectivity index (χ0) is 20.8. The minimum absolute atomic E-state index is 0.0248. The molecule has 0 aliphatic rings. The Kier molecular flexibility index (Phi) is 6.03. The third-order valence-corrected chi connectivity index (χ3v) is 4.10. The summed E-state index contributed by atoms with van der Waals surface area (Å²) in [6.45, 7) is 4.11. The molecule has 0 spiro atoms.